The van der Waals surface area contributed by atoms with Crippen LogP contribution in [0.2, 0.25) is 5.02 Å². The van der Waals surface area contributed by atoms with E-state index in [0.29, 0.717) is 10.7 Å². The van der Waals surface area contributed by atoms with Crippen LogP contribution in [-0.4, -0.2) is 20.3 Å². The molecule has 0 saturated heterocycles. The molecule has 0 fully saturated rings. The van der Waals surface area contributed by atoms with Gasteiger partial charge in [0.05, 0.1) is 16.4 Å². The molecule has 1 rings (SSSR count). The van der Waals surface area contributed by atoms with Crippen LogP contribution in [0.25, 0.3) is 0 Å². The summed E-state index contributed by atoms with van der Waals surface area (Å²) in [6, 6.07) is 5.53. The number of hydrogen-bond acceptors (Lipinski definition) is 3. The van der Waals surface area contributed by atoms with E-state index >= 15 is 0 Å². The molecular formula is C12H19ClN2O. The third-order valence-corrected chi connectivity index (χ3v) is 2.69. The summed E-state index contributed by atoms with van der Waals surface area (Å²) in [5.74, 6) is 0. The topological polar surface area (TPSA) is 47.3 Å². The van der Waals surface area contributed by atoms with Crippen LogP contribution in [0.3, 0.4) is 0 Å². The Kier molecular flexibility index (Phi) is 6.04. The Hall–Kier alpha value is -0.930. The fourth-order valence-corrected chi connectivity index (χ4v) is 1.74. The second-order valence-corrected chi connectivity index (χ2v) is 4.09. The van der Waals surface area contributed by atoms with E-state index in [1.54, 1.807) is 7.11 Å². The maximum Gasteiger partial charge on any atom is 0.0763 e. The van der Waals surface area contributed by atoms with Gasteiger partial charge in [0.1, 0.15) is 0 Å². The fourth-order valence-electron chi connectivity index (χ4n) is 1.49. The molecule has 0 heterocycles. The summed E-state index contributed by atoms with van der Waals surface area (Å²) in [5, 5.41) is 3.94. The molecule has 1 aromatic rings. The number of nitrogens with two attached hydrogens (primary N) is 1. The summed E-state index contributed by atoms with van der Waals surface area (Å²) in [6.07, 6.45) is 3.33. The number of ether oxygens (including phenoxy) is 1. The number of para-hydroxylation sites is 1. The Morgan fingerprint density at radius 1 is 1.31 bits per heavy atom. The predicted octanol–water partition coefficient (Wildman–Crippen LogP) is 3.15. The minimum atomic E-state index is 0.678. The summed E-state index contributed by atoms with van der Waals surface area (Å²) in [4.78, 5) is 0. The Balaban J connectivity index is 2.26. The van der Waals surface area contributed by atoms with Crippen molar-refractivity contribution in [1.82, 2.24) is 0 Å². The zero-order chi connectivity index (χ0) is 11.8. The van der Waals surface area contributed by atoms with Gasteiger partial charge >= 0.3 is 0 Å². The molecule has 3 N–H and O–H groups in total. The number of unbranched alkanes of at least 4 members (excludes halogenated alkanes) is 2. The number of halogens is 1. The summed E-state index contributed by atoms with van der Waals surface area (Å²) in [7, 11) is 1.72. The highest BCUT2D eigenvalue weighted by Crippen LogP contribution is 2.27. The van der Waals surface area contributed by atoms with Crippen LogP contribution in [-0.2, 0) is 4.74 Å². The number of hydrogen-bond donors (Lipinski definition) is 2. The molecule has 0 unspecified atom stereocenters. The number of nitrogen functional groups attached to an aromatic ring is 1. The van der Waals surface area contributed by atoms with E-state index in [1.807, 2.05) is 18.2 Å². The number of methoxy groups -OCH3 is 1. The molecule has 0 amide bonds. The zero-order valence-corrected chi connectivity index (χ0v) is 10.4. The maximum atomic E-state index is 6.03. The second-order valence-electron chi connectivity index (χ2n) is 3.68. The normalized spacial score (nSPS) is 10.4. The monoisotopic (exact) mass is 242 g/mol. The van der Waals surface area contributed by atoms with Crippen LogP contribution >= 0.6 is 11.6 Å². The van der Waals surface area contributed by atoms with Gasteiger partial charge in [-0.15, -0.1) is 0 Å². The second kappa shape index (κ2) is 7.36. The zero-order valence-electron chi connectivity index (χ0n) is 9.63. The summed E-state index contributed by atoms with van der Waals surface area (Å²) < 4.78 is 4.98. The average molecular weight is 243 g/mol. The minimum absolute atomic E-state index is 0.678. The fraction of sp³-hybridized carbons (Fsp3) is 0.500. The van der Waals surface area contributed by atoms with Gasteiger partial charge in [0.2, 0.25) is 0 Å². The number of rotatable bonds is 7. The molecule has 0 aliphatic heterocycles. The van der Waals surface area contributed by atoms with Gasteiger partial charge in [-0.2, -0.15) is 0 Å². The molecule has 0 atom stereocenters. The van der Waals surface area contributed by atoms with Crippen molar-refractivity contribution in [2.24, 2.45) is 0 Å². The van der Waals surface area contributed by atoms with Gasteiger partial charge in [-0.1, -0.05) is 17.7 Å². The minimum Gasteiger partial charge on any atom is -0.397 e. The molecule has 16 heavy (non-hydrogen) atoms. The van der Waals surface area contributed by atoms with E-state index in [-0.39, 0.29) is 0 Å². The maximum absolute atomic E-state index is 6.03. The van der Waals surface area contributed by atoms with Crippen LogP contribution in [0.15, 0.2) is 18.2 Å². The van der Waals surface area contributed by atoms with Crippen LogP contribution in [0.5, 0.6) is 0 Å². The predicted molar refractivity (Wildman–Crippen MR) is 70.1 cm³/mol. The molecular weight excluding hydrogens is 224 g/mol. The van der Waals surface area contributed by atoms with E-state index < -0.39 is 0 Å². The Bertz CT molecular complexity index is 298. The van der Waals surface area contributed by atoms with Crippen molar-refractivity contribution in [2.45, 2.75) is 19.3 Å². The molecule has 90 valence electrons. The summed E-state index contributed by atoms with van der Waals surface area (Å²) >= 11 is 6.03. The standard InChI is InChI=1S/C12H19ClN2O/c1-16-9-4-2-3-8-15-12-10(13)6-5-7-11(12)14/h5-7,15H,2-4,8-9,14H2,1H3. The van der Waals surface area contributed by atoms with Crippen molar-refractivity contribution in [1.29, 1.82) is 0 Å². The van der Waals surface area contributed by atoms with Crippen molar-refractivity contribution in [3.63, 3.8) is 0 Å². The van der Waals surface area contributed by atoms with Crippen LogP contribution in [0.4, 0.5) is 11.4 Å². The van der Waals surface area contributed by atoms with Gasteiger partial charge in [0.25, 0.3) is 0 Å². The smallest absolute Gasteiger partial charge is 0.0763 e. The van der Waals surface area contributed by atoms with Crippen molar-refractivity contribution >= 4 is 23.0 Å². The van der Waals surface area contributed by atoms with E-state index in [9.17, 15) is 0 Å². The van der Waals surface area contributed by atoms with Gasteiger partial charge in [-0.25, -0.2) is 0 Å². The molecule has 0 aromatic heterocycles. The van der Waals surface area contributed by atoms with E-state index in [2.05, 4.69) is 5.32 Å². The third kappa shape index (κ3) is 4.29. The molecule has 3 nitrogen and oxygen atoms in total. The Morgan fingerprint density at radius 3 is 2.81 bits per heavy atom. The number of benzene rings is 1. The van der Waals surface area contributed by atoms with E-state index in [4.69, 9.17) is 22.1 Å². The third-order valence-electron chi connectivity index (χ3n) is 2.37. The van der Waals surface area contributed by atoms with Gasteiger partial charge in [0.15, 0.2) is 0 Å². The lowest BCUT2D eigenvalue weighted by atomic mass is 10.2. The number of anilines is 2. The highest BCUT2D eigenvalue weighted by Gasteiger charge is 2.02. The van der Waals surface area contributed by atoms with E-state index in [0.717, 1.165) is 38.1 Å². The summed E-state index contributed by atoms with van der Waals surface area (Å²) in [5.41, 5.74) is 7.36. The molecule has 0 bridgehead atoms. The van der Waals surface area contributed by atoms with Crippen LogP contribution < -0.4 is 11.1 Å². The first-order chi connectivity index (χ1) is 7.75. The average Bonchev–Trinajstić information content (AvgIpc) is 2.26. The van der Waals surface area contributed by atoms with Gasteiger partial charge < -0.3 is 15.8 Å². The van der Waals surface area contributed by atoms with Crippen LogP contribution in [0.1, 0.15) is 19.3 Å². The number of nitrogens with one attached hydrogen (secondary N) is 1. The molecule has 0 saturated carbocycles. The van der Waals surface area contributed by atoms with Gasteiger partial charge in [0, 0.05) is 20.3 Å². The highest BCUT2D eigenvalue weighted by molar-refractivity contribution is 6.33. The lowest BCUT2D eigenvalue weighted by molar-refractivity contribution is 0.192. The Morgan fingerprint density at radius 2 is 2.12 bits per heavy atom. The first kappa shape index (κ1) is 13.1. The lowest BCUT2D eigenvalue weighted by Gasteiger charge is -2.10. The molecule has 4 heteroatoms. The van der Waals surface area contributed by atoms with Crippen molar-refractivity contribution in [2.75, 3.05) is 31.3 Å². The molecule has 1 aromatic carbocycles. The van der Waals surface area contributed by atoms with Crippen LogP contribution in [0, 0.1) is 0 Å². The largest absolute Gasteiger partial charge is 0.397 e. The van der Waals surface area contributed by atoms with Crippen molar-refractivity contribution in [3.05, 3.63) is 23.2 Å². The quantitative estimate of drug-likeness (QED) is 0.570. The van der Waals surface area contributed by atoms with Gasteiger partial charge in [-0.05, 0) is 31.4 Å². The summed E-state index contributed by atoms with van der Waals surface area (Å²) in [6.45, 7) is 1.71. The SMILES string of the molecule is COCCCCCNc1c(N)cccc1Cl. The van der Waals surface area contributed by atoms with Crippen molar-refractivity contribution in [3.8, 4) is 0 Å². The van der Waals surface area contributed by atoms with Crippen molar-refractivity contribution < 1.29 is 4.74 Å². The first-order valence-corrected chi connectivity index (χ1v) is 5.90. The Labute approximate surface area is 102 Å². The highest BCUT2D eigenvalue weighted by atomic mass is 35.5. The van der Waals surface area contributed by atoms with E-state index in [1.165, 1.54) is 0 Å². The lowest BCUT2D eigenvalue weighted by Crippen LogP contribution is -2.05. The van der Waals surface area contributed by atoms with Gasteiger partial charge in [-0.3, -0.25) is 0 Å². The molecule has 0 spiro atoms. The first-order valence-electron chi connectivity index (χ1n) is 5.52. The molecule has 0 aliphatic carbocycles. The molecule has 0 radical (unpaired) electrons. The molecule has 0 aliphatic rings.